The molecule has 0 bridgehead atoms. The lowest BCUT2D eigenvalue weighted by Crippen LogP contribution is -2.54. The minimum absolute atomic E-state index is 0.237. The first-order chi connectivity index (χ1) is 16.8. The van der Waals surface area contributed by atoms with Gasteiger partial charge < -0.3 is 18.8 Å². The van der Waals surface area contributed by atoms with Gasteiger partial charge in [0.1, 0.15) is 17.4 Å². The Morgan fingerprint density at radius 2 is 1.89 bits per heavy atom. The Hall–Kier alpha value is -3.89. The Morgan fingerprint density at radius 3 is 2.57 bits per heavy atom. The SMILES string of the molecule is CC(=O)O[C@@H]1[C@@H](n2ccc(CCOCc3ccccc3)cc2=O)c2cc(C#N)ccc2OC1(C)C. The summed E-state index contributed by atoms with van der Waals surface area (Å²) in [5.41, 5.74) is 1.85. The van der Waals surface area contributed by atoms with E-state index in [2.05, 4.69) is 6.07 Å². The van der Waals surface area contributed by atoms with Crippen LogP contribution in [0, 0.1) is 11.3 Å². The molecule has 0 spiro atoms. The summed E-state index contributed by atoms with van der Waals surface area (Å²) in [5.74, 6) is 0.0736. The van der Waals surface area contributed by atoms with Crippen LogP contribution in [0.1, 0.15) is 49.1 Å². The van der Waals surface area contributed by atoms with Crippen molar-refractivity contribution in [3.63, 3.8) is 0 Å². The number of benzene rings is 2. The lowest BCUT2D eigenvalue weighted by Gasteiger charge is -2.44. The third-order valence-corrected chi connectivity index (χ3v) is 6.05. The molecule has 0 saturated heterocycles. The molecule has 1 aliphatic rings. The monoisotopic (exact) mass is 472 g/mol. The number of nitrogens with zero attached hydrogens (tertiary/aromatic N) is 2. The number of carbonyl (C=O) groups is 1. The van der Waals surface area contributed by atoms with Crippen LogP contribution in [0.4, 0.5) is 0 Å². The number of hydrogen-bond donors (Lipinski definition) is 0. The Labute approximate surface area is 204 Å². The van der Waals surface area contributed by atoms with Crippen molar-refractivity contribution in [2.75, 3.05) is 6.61 Å². The van der Waals surface area contributed by atoms with Crippen LogP contribution in [0.25, 0.3) is 0 Å². The van der Waals surface area contributed by atoms with Crippen LogP contribution in [-0.2, 0) is 27.3 Å². The summed E-state index contributed by atoms with van der Waals surface area (Å²) in [6.07, 6.45) is 1.52. The van der Waals surface area contributed by atoms with E-state index >= 15 is 0 Å². The van der Waals surface area contributed by atoms with Crippen LogP contribution >= 0.6 is 0 Å². The van der Waals surface area contributed by atoms with Crippen molar-refractivity contribution < 1.29 is 19.0 Å². The third-order valence-electron chi connectivity index (χ3n) is 6.05. The van der Waals surface area contributed by atoms with Gasteiger partial charge in [0.15, 0.2) is 6.10 Å². The van der Waals surface area contributed by atoms with Gasteiger partial charge in [-0.25, -0.2) is 0 Å². The van der Waals surface area contributed by atoms with Crippen molar-refractivity contribution in [1.29, 1.82) is 5.26 Å². The van der Waals surface area contributed by atoms with Gasteiger partial charge >= 0.3 is 5.97 Å². The van der Waals surface area contributed by atoms with E-state index in [1.165, 1.54) is 6.92 Å². The van der Waals surface area contributed by atoms with Crippen LogP contribution in [-0.4, -0.2) is 28.8 Å². The first kappa shape index (κ1) is 24.2. The molecule has 7 heteroatoms. The van der Waals surface area contributed by atoms with Gasteiger partial charge in [0, 0.05) is 24.8 Å². The average molecular weight is 473 g/mol. The summed E-state index contributed by atoms with van der Waals surface area (Å²) in [4.78, 5) is 25.2. The van der Waals surface area contributed by atoms with Gasteiger partial charge in [0.2, 0.25) is 0 Å². The Balaban J connectivity index is 1.61. The Kier molecular flexibility index (Phi) is 7.04. The van der Waals surface area contributed by atoms with Crippen molar-refractivity contribution in [2.24, 2.45) is 0 Å². The number of nitriles is 1. The highest BCUT2D eigenvalue weighted by Crippen LogP contribution is 2.43. The maximum absolute atomic E-state index is 13.3. The fraction of sp³-hybridized carbons (Fsp3) is 0.321. The molecule has 2 heterocycles. The predicted molar refractivity (Wildman–Crippen MR) is 130 cm³/mol. The van der Waals surface area contributed by atoms with Crippen molar-refractivity contribution in [3.05, 3.63) is 99.5 Å². The van der Waals surface area contributed by atoms with Crippen molar-refractivity contribution in [1.82, 2.24) is 4.57 Å². The largest absolute Gasteiger partial charge is 0.484 e. The van der Waals surface area contributed by atoms with Crippen LogP contribution in [0.2, 0.25) is 0 Å². The molecule has 0 fully saturated rings. The highest BCUT2D eigenvalue weighted by Gasteiger charge is 2.47. The van der Waals surface area contributed by atoms with Crippen molar-refractivity contribution in [2.45, 2.75) is 51.5 Å². The molecule has 2 aromatic carbocycles. The molecule has 3 aromatic rings. The van der Waals surface area contributed by atoms with E-state index in [0.717, 1.165) is 11.1 Å². The van der Waals surface area contributed by atoms with E-state index in [0.29, 0.717) is 36.5 Å². The summed E-state index contributed by atoms with van der Waals surface area (Å²) >= 11 is 0. The molecule has 0 radical (unpaired) electrons. The summed E-state index contributed by atoms with van der Waals surface area (Å²) in [6, 6.07) is 19.9. The molecule has 0 N–H and O–H groups in total. The molecule has 0 saturated carbocycles. The second kappa shape index (κ2) is 10.2. The van der Waals surface area contributed by atoms with Crippen LogP contribution in [0.15, 0.2) is 71.7 Å². The number of fused-ring (bicyclic) bond motifs is 1. The number of ether oxygens (including phenoxy) is 3. The number of aromatic nitrogens is 1. The molecular weight excluding hydrogens is 444 g/mol. The Bertz CT molecular complexity index is 1310. The minimum atomic E-state index is -0.902. The van der Waals surface area contributed by atoms with Gasteiger partial charge in [-0.1, -0.05) is 30.3 Å². The first-order valence-electron chi connectivity index (χ1n) is 11.5. The van der Waals surface area contributed by atoms with E-state index in [1.54, 1.807) is 35.0 Å². The lowest BCUT2D eigenvalue weighted by atomic mass is 9.85. The van der Waals surface area contributed by atoms with Gasteiger partial charge in [-0.3, -0.25) is 9.59 Å². The summed E-state index contributed by atoms with van der Waals surface area (Å²) < 4.78 is 19.1. The molecule has 35 heavy (non-hydrogen) atoms. The third kappa shape index (κ3) is 5.44. The molecule has 2 atom stereocenters. The first-order valence-corrected chi connectivity index (χ1v) is 11.5. The molecular formula is C28H28N2O5. The number of rotatable bonds is 7. The molecule has 0 unspecified atom stereocenters. The quantitative estimate of drug-likeness (QED) is 0.379. The molecule has 4 rings (SSSR count). The topological polar surface area (TPSA) is 90.5 Å². The highest BCUT2D eigenvalue weighted by molar-refractivity contribution is 5.66. The molecule has 1 aliphatic heterocycles. The van der Waals surface area contributed by atoms with Gasteiger partial charge in [-0.2, -0.15) is 5.26 Å². The van der Waals surface area contributed by atoms with Crippen molar-refractivity contribution in [3.8, 4) is 11.8 Å². The molecule has 1 aromatic heterocycles. The van der Waals surface area contributed by atoms with Crippen LogP contribution in [0.3, 0.4) is 0 Å². The second-order valence-electron chi connectivity index (χ2n) is 9.11. The van der Waals surface area contributed by atoms with Gasteiger partial charge in [0.05, 0.1) is 24.8 Å². The molecule has 7 nitrogen and oxygen atoms in total. The van der Waals surface area contributed by atoms with E-state index in [4.69, 9.17) is 14.2 Å². The van der Waals surface area contributed by atoms with Gasteiger partial charge in [-0.05, 0) is 55.7 Å². The molecule has 180 valence electrons. The lowest BCUT2D eigenvalue weighted by molar-refractivity contribution is -0.163. The number of pyridine rings is 1. The minimum Gasteiger partial charge on any atom is -0.484 e. The maximum Gasteiger partial charge on any atom is 0.303 e. The van der Waals surface area contributed by atoms with Crippen molar-refractivity contribution >= 4 is 5.97 Å². The summed E-state index contributed by atoms with van der Waals surface area (Å²) in [5, 5.41) is 9.42. The molecule has 0 amide bonds. The predicted octanol–water partition coefficient (Wildman–Crippen LogP) is 4.17. The van der Waals surface area contributed by atoms with E-state index in [-0.39, 0.29) is 5.56 Å². The fourth-order valence-electron chi connectivity index (χ4n) is 4.38. The Morgan fingerprint density at radius 1 is 1.11 bits per heavy atom. The zero-order chi connectivity index (χ0) is 25.0. The highest BCUT2D eigenvalue weighted by atomic mass is 16.6. The maximum atomic E-state index is 13.3. The number of hydrogen-bond acceptors (Lipinski definition) is 6. The number of esters is 1. The standard InChI is InChI=1S/C28H28N2O5/c1-19(31)34-27-26(23-15-22(17-29)9-10-24(23)35-28(27,2)3)30-13-11-20(16-25(30)32)12-14-33-18-21-7-5-4-6-8-21/h4-11,13,15-16,26-27H,12,14,18H2,1-3H3/t26-,27+/m0/s1. The average Bonchev–Trinajstić information content (AvgIpc) is 2.83. The normalized spacial score (nSPS) is 18.1. The van der Waals surface area contributed by atoms with E-state index < -0.39 is 23.7 Å². The fourth-order valence-corrected chi connectivity index (χ4v) is 4.38. The zero-order valence-electron chi connectivity index (χ0n) is 20.1. The van der Waals surface area contributed by atoms with Crippen LogP contribution in [0.5, 0.6) is 5.75 Å². The molecule has 0 aliphatic carbocycles. The smallest absolute Gasteiger partial charge is 0.303 e. The summed E-state index contributed by atoms with van der Waals surface area (Å²) in [6.45, 7) is 5.95. The zero-order valence-corrected chi connectivity index (χ0v) is 20.1. The van der Waals surface area contributed by atoms with Crippen LogP contribution < -0.4 is 10.3 Å². The van der Waals surface area contributed by atoms with Gasteiger partial charge in [0.25, 0.3) is 5.56 Å². The second-order valence-corrected chi connectivity index (χ2v) is 9.11. The van der Waals surface area contributed by atoms with E-state index in [9.17, 15) is 14.9 Å². The van der Waals surface area contributed by atoms with E-state index in [1.807, 2.05) is 50.2 Å². The number of carbonyl (C=O) groups excluding carboxylic acids is 1. The van der Waals surface area contributed by atoms with Gasteiger partial charge in [-0.15, -0.1) is 0 Å². The summed E-state index contributed by atoms with van der Waals surface area (Å²) in [7, 11) is 0.